The van der Waals surface area contributed by atoms with Crippen molar-refractivity contribution in [1.29, 1.82) is 0 Å². The molecule has 3 aliphatic heterocycles. The summed E-state index contributed by atoms with van der Waals surface area (Å²) in [5.41, 5.74) is 2.03. The number of ether oxygens (including phenoxy) is 1. The summed E-state index contributed by atoms with van der Waals surface area (Å²) in [5.74, 6) is -2.59. The van der Waals surface area contributed by atoms with Gasteiger partial charge in [0.15, 0.2) is 5.13 Å². The molecule has 1 aromatic heterocycles. The molecule has 0 bridgehead atoms. The summed E-state index contributed by atoms with van der Waals surface area (Å²) in [6.07, 6.45) is 7.76. The fraction of sp³-hybridized carbons (Fsp3) is 0.475. The Labute approximate surface area is 329 Å². The summed E-state index contributed by atoms with van der Waals surface area (Å²) in [5, 5.41) is 7.85. The van der Waals surface area contributed by atoms with E-state index in [1.54, 1.807) is 17.0 Å². The fourth-order valence-electron chi connectivity index (χ4n) is 7.96. The molecule has 1 saturated heterocycles. The van der Waals surface area contributed by atoms with Gasteiger partial charge in [-0.2, -0.15) is 0 Å². The van der Waals surface area contributed by atoms with Crippen molar-refractivity contribution in [3.05, 3.63) is 83.0 Å². The molecule has 4 amide bonds. The van der Waals surface area contributed by atoms with Gasteiger partial charge >= 0.3 is 6.09 Å². The maximum absolute atomic E-state index is 14.7. The minimum atomic E-state index is -3.89. The molecular formula is C40H45FN6O7S2. The van der Waals surface area contributed by atoms with E-state index in [1.807, 2.05) is 41.8 Å². The van der Waals surface area contributed by atoms with Gasteiger partial charge in [-0.05, 0) is 80.3 Å². The van der Waals surface area contributed by atoms with Crippen molar-refractivity contribution in [3.8, 4) is 11.3 Å². The van der Waals surface area contributed by atoms with Crippen LogP contribution in [0.4, 0.5) is 14.3 Å². The lowest BCUT2D eigenvalue weighted by atomic mass is 10.0. The second kappa shape index (κ2) is 15.6. The van der Waals surface area contributed by atoms with Gasteiger partial charge in [-0.1, -0.05) is 49.3 Å². The third-order valence-electron chi connectivity index (χ3n) is 11.4. The summed E-state index contributed by atoms with van der Waals surface area (Å²) < 4.78 is 47.5. The number of halogens is 1. The third kappa shape index (κ3) is 8.17. The van der Waals surface area contributed by atoms with Crippen LogP contribution in [0.3, 0.4) is 0 Å². The van der Waals surface area contributed by atoms with Crippen molar-refractivity contribution >= 4 is 50.3 Å². The van der Waals surface area contributed by atoms with Crippen LogP contribution >= 0.6 is 11.3 Å². The first-order chi connectivity index (χ1) is 27.0. The molecule has 3 N–H and O–H groups in total. The van der Waals surface area contributed by atoms with Crippen LogP contribution in [0, 0.1) is 11.7 Å². The zero-order valence-corrected chi connectivity index (χ0v) is 32.5. The monoisotopic (exact) mass is 804 g/mol. The number of nitrogens with one attached hydrogen (secondary N) is 3. The number of nitrogens with zero attached hydrogens (tertiary/aromatic N) is 3. The molecule has 2 aliphatic carbocycles. The highest BCUT2D eigenvalue weighted by atomic mass is 32.2. The first-order valence-electron chi connectivity index (χ1n) is 19.3. The van der Waals surface area contributed by atoms with Crippen LogP contribution in [0.5, 0.6) is 0 Å². The zero-order chi connectivity index (χ0) is 39.0. The van der Waals surface area contributed by atoms with Crippen molar-refractivity contribution < 1.29 is 36.7 Å². The predicted octanol–water partition coefficient (Wildman–Crippen LogP) is 4.90. The number of rotatable bonds is 7. The number of thiazole rings is 1. The van der Waals surface area contributed by atoms with Gasteiger partial charge in [-0.15, -0.1) is 11.3 Å². The lowest BCUT2D eigenvalue weighted by Gasteiger charge is -2.30. The number of aromatic nitrogens is 1. The Hall–Kier alpha value is -4.83. The number of hydrogen-bond donors (Lipinski definition) is 3. The standard InChI is InChI=1S/C40H45FN6O7S2/c41-29-14-12-26(13-15-29)33-24-55-38(43-33)42-32-11-5-3-1-2-4-10-28-21-40(28,37(50)45-56(52,53)31-16-17-31)44-35(48)34-20-30(23-47(34)36(32)49)54-39(51)46-19-18-25-8-6-7-9-27(25)22-46/h4,6-10,12-15,24,28,30-32,34H,1-3,5,11,16-23H2,(H,42,43)(H,44,48)(H,45,50)/t28-,30-,32+,34+,40-/m1/s1. The van der Waals surface area contributed by atoms with E-state index in [9.17, 15) is 32.0 Å². The van der Waals surface area contributed by atoms with Crippen LogP contribution in [0.1, 0.15) is 68.9 Å². The average molecular weight is 805 g/mol. The minimum absolute atomic E-state index is 0.00892. The van der Waals surface area contributed by atoms with Crippen molar-refractivity contribution in [2.24, 2.45) is 5.92 Å². The number of allylic oxidation sites excluding steroid dienone is 1. The van der Waals surface area contributed by atoms with Crippen LogP contribution in [0.15, 0.2) is 66.1 Å². The number of carbonyl (C=O) groups is 4. The number of hydrogen-bond acceptors (Lipinski definition) is 10. The first kappa shape index (κ1) is 38.1. The molecule has 13 nitrogen and oxygen atoms in total. The Bertz CT molecular complexity index is 2140. The van der Waals surface area contributed by atoms with E-state index in [0.29, 0.717) is 62.4 Å². The smallest absolute Gasteiger partial charge is 0.410 e. The average Bonchev–Trinajstić information content (AvgIpc) is 4.07. The maximum atomic E-state index is 14.7. The highest BCUT2D eigenvalue weighted by Crippen LogP contribution is 2.46. The summed E-state index contributed by atoms with van der Waals surface area (Å²) in [7, 11) is -3.89. The predicted molar refractivity (Wildman–Crippen MR) is 207 cm³/mol. The Morgan fingerprint density at radius 2 is 1.80 bits per heavy atom. The molecule has 2 aromatic carbocycles. The van der Waals surface area contributed by atoms with Gasteiger partial charge in [0, 0.05) is 36.4 Å². The van der Waals surface area contributed by atoms with Crippen LogP contribution in [-0.4, -0.2) is 89.1 Å². The van der Waals surface area contributed by atoms with Crippen molar-refractivity contribution in [1.82, 2.24) is 24.8 Å². The Morgan fingerprint density at radius 3 is 2.59 bits per heavy atom. The fourth-order valence-corrected chi connectivity index (χ4v) is 10.1. The molecule has 3 aromatic rings. The zero-order valence-electron chi connectivity index (χ0n) is 30.8. The first-order valence-corrected chi connectivity index (χ1v) is 21.8. The molecule has 4 heterocycles. The van der Waals surface area contributed by atoms with Crippen molar-refractivity contribution in [3.63, 3.8) is 0 Å². The Kier molecular flexibility index (Phi) is 10.6. The molecule has 2 saturated carbocycles. The van der Waals surface area contributed by atoms with Crippen LogP contribution < -0.4 is 15.4 Å². The molecule has 5 aliphatic rings. The lowest BCUT2D eigenvalue weighted by molar-refractivity contribution is -0.140. The van der Waals surface area contributed by atoms with Gasteiger partial charge in [0.25, 0.3) is 5.91 Å². The number of anilines is 1. The molecule has 8 rings (SSSR count). The van der Waals surface area contributed by atoms with Crippen molar-refractivity contribution in [2.75, 3.05) is 18.4 Å². The lowest BCUT2D eigenvalue weighted by Crippen LogP contribution is -2.57. The molecule has 5 atom stereocenters. The topological polar surface area (TPSA) is 167 Å². The second-order valence-corrected chi connectivity index (χ2v) is 18.3. The van der Waals surface area contributed by atoms with E-state index in [1.165, 1.54) is 33.9 Å². The number of carbonyl (C=O) groups excluding carboxylic acids is 4. The summed E-state index contributed by atoms with van der Waals surface area (Å²) in [6.45, 7) is 0.790. The summed E-state index contributed by atoms with van der Waals surface area (Å²) in [4.78, 5) is 64.1. The Morgan fingerprint density at radius 1 is 1.02 bits per heavy atom. The van der Waals surface area contributed by atoms with E-state index >= 15 is 0 Å². The third-order valence-corrected chi connectivity index (χ3v) is 14.0. The van der Waals surface area contributed by atoms with E-state index in [4.69, 9.17) is 4.74 Å². The normalized spacial score (nSPS) is 26.8. The van der Waals surface area contributed by atoms with E-state index in [2.05, 4.69) is 20.3 Å². The highest BCUT2D eigenvalue weighted by molar-refractivity contribution is 7.91. The van der Waals surface area contributed by atoms with Crippen molar-refractivity contribution in [2.45, 2.75) is 99.7 Å². The highest BCUT2D eigenvalue weighted by Gasteiger charge is 2.62. The van der Waals surface area contributed by atoms with Crippen LogP contribution in [-0.2, 0) is 42.1 Å². The molecule has 0 unspecified atom stereocenters. The quantitative estimate of drug-likeness (QED) is 0.282. The van der Waals surface area contributed by atoms with Gasteiger partial charge in [0.05, 0.1) is 17.5 Å². The van der Waals surface area contributed by atoms with Gasteiger partial charge in [0.1, 0.15) is 29.5 Å². The van der Waals surface area contributed by atoms with E-state index in [0.717, 1.165) is 24.0 Å². The molecule has 16 heteroatoms. The van der Waals surface area contributed by atoms with Gasteiger partial charge in [-0.25, -0.2) is 22.6 Å². The molecule has 56 heavy (non-hydrogen) atoms. The minimum Gasteiger partial charge on any atom is -0.444 e. The van der Waals surface area contributed by atoms with Crippen LogP contribution in [0.2, 0.25) is 0 Å². The number of sulfonamides is 1. The second-order valence-electron chi connectivity index (χ2n) is 15.4. The van der Waals surface area contributed by atoms with Gasteiger partial charge in [-0.3, -0.25) is 19.1 Å². The Balaban J connectivity index is 1.05. The SMILES string of the molecule is O=C1N[C@]2(C(=O)NS(=O)(=O)C3CC3)C[C@H]2C=CCCCCC[C@H](Nc2nc(-c3ccc(F)cc3)cs2)C(=O)N2C[C@H](OC(=O)N3CCc4ccccc4C3)C[C@@H]12. The largest absolute Gasteiger partial charge is 0.444 e. The van der Waals surface area contributed by atoms with E-state index in [-0.39, 0.29) is 31.1 Å². The summed E-state index contributed by atoms with van der Waals surface area (Å²) in [6, 6.07) is 12.0. The maximum Gasteiger partial charge on any atom is 0.410 e. The van der Waals surface area contributed by atoms with E-state index < -0.39 is 62.8 Å². The number of amides is 4. The molecule has 296 valence electrons. The summed E-state index contributed by atoms with van der Waals surface area (Å²) >= 11 is 1.30. The van der Waals surface area contributed by atoms with Crippen LogP contribution in [0.25, 0.3) is 11.3 Å². The van der Waals surface area contributed by atoms with Gasteiger partial charge in [0.2, 0.25) is 21.8 Å². The van der Waals surface area contributed by atoms with Gasteiger partial charge < -0.3 is 25.2 Å². The molecule has 0 radical (unpaired) electrons. The number of benzene rings is 2. The molecular weight excluding hydrogens is 760 g/mol. The molecule has 0 spiro atoms. The number of fused-ring (bicyclic) bond motifs is 3. The molecule has 3 fully saturated rings.